The Morgan fingerprint density at radius 3 is 1.71 bits per heavy atom. The minimum Gasteiger partial charge on any atom is -0.241 e. The Hall–Kier alpha value is -3.14. The Kier molecular flexibility index (Phi) is 3.71. The minimum atomic E-state index is -0.546. The molecule has 4 heteroatoms. The lowest BCUT2D eigenvalue weighted by Gasteiger charge is -2.35. The smallest absolute Gasteiger partial charge is 0.183 e. The Morgan fingerprint density at radius 2 is 1.21 bits per heavy atom. The van der Waals surface area contributed by atoms with E-state index in [1.165, 1.54) is 5.56 Å². The zero-order valence-electron chi connectivity index (χ0n) is 13.2. The fourth-order valence-electron chi connectivity index (χ4n) is 3.19. The minimum absolute atomic E-state index is 0.546. The Labute approximate surface area is 141 Å². The Balaban J connectivity index is 1.96. The van der Waals surface area contributed by atoms with Crippen LogP contribution in [0.15, 0.2) is 97.6 Å². The molecule has 2 aromatic heterocycles. The topological polar surface area (TPSA) is 35.6 Å². The molecule has 24 heavy (non-hydrogen) atoms. The van der Waals surface area contributed by atoms with Gasteiger partial charge in [0.15, 0.2) is 5.66 Å². The number of rotatable bonds is 5. The number of benzene rings is 2. The zero-order valence-corrected chi connectivity index (χ0v) is 13.2. The first-order chi connectivity index (χ1) is 11.9. The Bertz CT molecular complexity index is 832. The molecule has 118 valence electrons. The van der Waals surface area contributed by atoms with Gasteiger partial charge >= 0.3 is 0 Å². The lowest BCUT2D eigenvalue weighted by molar-refractivity contribution is 0.235. The van der Waals surface area contributed by atoms with Crippen molar-refractivity contribution in [1.29, 1.82) is 0 Å². The van der Waals surface area contributed by atoms with Gasteiger partial charge < -0.3 is 0 Å². The molecule has 2 aromatic carbocycles. The van der Waals surface area contributed by atoms with E-state index in [9.17, 15) is 0 Å². The molecule has 0 aliphatic rings. The molecule has 4 rings (SSSR count). The highest BCUT2D eigenvalue weighted by Gasteiger charge is 2.37. The number of hydrogen-bond donors (Lipinski definition) is 0. The van der Waals surface area contributed by atoms with Crippen LogP contribution in [0, 0.1) is 0 Å². The van der Waals surface area contributed by atoms with Crippen LogP contribution in [-0.2, 0) is 12.1 Å². The van der Waals surface area contributed by atoms with Gasteiger partial charge in [0.25, 0.3) is 0 Å². The van der Waals surface area contributed by atoms with Crippen LogP contribution in [0.1, 0.15) is 11.1 Å². The van der Waals surface area contributed by atoms with Gasteiger partial charge in [0.05, 0.1) is 0 Å². The lowest BCUT2D eigenvalue weighted by Crippen LogP contribution is -2.45. The van der Waals surface area contributed by atoms with Crippen LogP contribution in [0.2, 0.25) is 0 Å². The van der Waals surface area contributed by atoms with Gasteiger partial charge in [-0.05, 0) is 17.7 Å². The number of aromatic nitrogens is 4. The molecule has 0 aliphatic carbocycles. The van der Waals surface area contributed by atoms with Crippen molar-refractivity contribution in [3.63, 3.8) is 0 Å². The molecule has 4 nitrogen and oxygen atoms in total. The molecule has 0 bridgehead atoms. The van der Waals surface area contributed by atoms with Gasteiger partial charge in [0.1, 0.15) is 0 Å². The summed E-state index contributed by atoms with van der Waals surface area (Å²) in [4.78, 5) is 0. The molecule has 0 saturated carbocycles. The van der Waals surface area contributed by atoms with Gasteiger partial charge in [0.2, 0.25) is 0 Å². The quantitative estimate of drug-likeness (QED) is 0.564. The van der Waals surface area contributed by atoms with Crippen molar-refractivity contribution < 1.29 is 0 Å². The normalized spacial score (nSPS) is 11.5. The fourth-order valence-corrected chi connectivity index (χ4v) is 3.19. The molecule has 0 radical (unpaired) electrons. The second kappa shape index (κ2) is 6.16. The molecular weight excluding hydrogens is 296 g/mol. The summed E-state index contributed by atoms with van der Waals surface area (Å²) in [6.45, 7) is 0. The van der Waals surface area contributed by atoms with Crippen LogP contribution >= 0.6 is 0 Å². The highest BCUT2D eigenvalue weighted by molar-refractivity contribution is 5.30. The summed E-state index contributed by atoms with van der Waals surface area (Å²) in [6.07, 6.45) is 8.37. The Morgan fingerprint density at radius 1 is 0.667 bits per heavy atom. The first-order valence-electron chi connectivity index (χ1n) is 7.99. The first kappa shape index (κ1) is 14.5. The average molecular weight is 314 g/mol. The van der Waals surface area contributed by atoms with Crippen molar-refractivity contribution in [3.05, 3.63) is 109 Å². The summed E-state index contributed by atoms with van der Waals surface area (Å²) in [6, 6.07) is 24.8. The highest BCUT2D eigenvalue weighted by Crippen LogP contribution is 2.31. The van der Waals surface area contributed by atoms with E-state index in [0.717, 1.165) is 12.0 Å². The molecule has 0 aliphatic heterocycles. The van der Waals surface area contributed by atoms with Crippen LogP contribution in [0.5, 0.6) is 0 Å². The largest absolute Gasteiger partial charge is 0.241 e. The van der Waals surface area contributed by atoms with Crippen LogP contribution in [0.4, 0.5) is 0 Å². The highest BCUT2D eigenvalue weighted by atomic mass is 15.5. The van der Waals surface area contributed by atoms with E-state index in [1.807, 2.05) is 58.4 Å². The summed E-state index contributed by atoms with van der Waals surface area (Å²) < 4.78 is 3.98. The number of hydrogen-bond acceptors (Lipinski definition) is 2. The maximum atomic E-state index is 4.57. The second-order valence-corrected chi connectivity index (χ2v) is 5.75. The van der Waals surface area contributed by atoms with E-state index in [0.29, 0.717) is 0 Å². The van der Waals surface area contributed by atoms with Gasteiger partial charge in [0, 0.05) is 36.8 Å². The van der Waals surface area contributed by atoms with Crippen LogP contribution < -0.4 is 0 Å². The summed E-state index contributed by atoms with van der Waals surface area (Å²) in [5, 5.41) is 9.15. The van der Waals surface area contributed by atoms with Gasteiger partial charge in [-0.1, -0.05) is 60.7 Å². The van der Waals surface area contributed by atoms with Crippen molar-refractivity contribution in [1.82, 2.24) is 19.6 Å². The molecule has 0 unspecified atom stereocenters. The van der Waals surface area contributed by atoms with E-state index in [2.05, 4.69) is 58.7 Å². The summed E-state index contributed by atoms with van der Waals surface area (Å²) in [7, 11) is 0. The maximum Gasteiger partial charge on any atom is 0.183 e. The molecule has 0 spiro atoms. The summed E-state index contributed by atoms with van der Waals surface area (Å²) in [5.41, 5.74) is 1.82. The molecule has 4 aromatic rings. The van der Waals surface area contributed by atoms with Gasteiger partial charge in [-0.25, -0.2) is 9.36 Å². The molecule has 0 amide bonds. The van der Waals surface area contributed by atoms with E-state index >= 15 is 0 Å². The predicted octanol–water partition coefficient (Wildman–Crippen LogP) is 3.57. The van der Waals surface area contributed by atoms with Gasteiger partial charge in [-0.2, -0.15) is 10.2 Å². The van der Waals surface area contributed by atoms with Crippen molar-refractivity contribution in [2.45, 2.75) is 12.1 Å². The molecule has 0 saturated heterocycles. The standard InChI is InChI=1S/C20H18N4/c1-3-9-18(10-4-1)17-20(23-15-7-13-21-23,24-16-8-14-22-24)19-11-5-2-6-12-19/h1-16H,17H2. The van der Waals surface area contributed by atoms with Crippen molar-refractivity contribution in [2.75, 3.05) is 0 Å². The van der Waals surface area contributed by atoms with Gasteiger partial charge in [-0.15, -0.1) is 0 Å². The summed E-state index contributed by atoms with van der Waals surface area (Å²) in [5.74, 6) is 0. The predicted molar refractivity (Wildman–Crippen MR) is 93.5 cm³/mol. The van der Waals surface area contributed by atoms with Crippen LogP contribution in [0.3, 0.4) is 0 Å². The third-order valence-electron chi connectivity index (χ3n) is 4.30. The monoisotopic (exact) mass is 314 g/mol. The van der Waals surface area contributed by atoms with E-state index in [1.54, 1.807) is 0 Å². The summed E-state index contributed by atoms with van der Waals surface area (Å²) >= 11 is 0. The first-order valence-corrected chi connectivity index (χ1v) is 7.99. The third-order valence-corrected chi connectivity index (χ3v) is 4.30. The zero-order chi connectivity index (χ0) is 16.2. The van der Waals surface area contributed by atoms with Crippen LogP contribution in [-0.4, -0.2) is 19.6 Å². The van der Waals surface area contributed by atoms with E-state index in [-0.39, 0.29) is 0 Å². The molecule has 0 N–H and O–H groups in total. The van der Waals surface area contributed by atoms with Crippen molar-refractivity contribution in [3.8, 4) is 0 Å². The van der Waals surface area contributed by atoms with Crippen molar-refractivity contribution >= 4 is 0 Å². The van der Waals surface area contributed by atoms with Crippen molar-refractivity contribution in [2.24, 2.45) is 0 Å². The molecule has 0 atom stereocenters. The lowest BCUT2D eigenvalue weighted by atomic mass is 9.91. The van der Waals surface area contributed by atoms with Crippen LogP contribution in [0.25, 0.3) is 0 Å². The fraction of sp³-hybridized carbons (Fsp3) is 0.100. The van der Waals surface area contributed by atoms with E-state index in [4.69, 9.17) is 0 Å². The molecular formula is C20H18N4. The molecule has 0 fully saturated rings. The SMILES string of the molecule is c1ccc(CC(c2ccccc2)(n2cccn2)n2cccn2)cc1. The molecule has 2 heterocycles. The maximum absolute atomic E-state index is 4.57. The van der Waals surface area contributed by atoms with Gasteiger partial charge in [-0.3, -0.25) is 0 Å². The van der Waals surface area contributed by atoms with E-state index < -0.39 is 5.66 Å². The third kappa shape index (κ3) is 2.42. The number of nitrogens with zero attached hydrogens (tertiary/aromatic N) is 4. The average Bonchev–Trinajstić information content (AvgIpc) is 3.36. The second-order valence-electron chi connectivity index (χ2n) is 5.75.